The molecule has 1 aromatic heterocycles. The fourth-order valence-corrected chi connectivity index (χ4v) is 7.47. The summed E-state index contributed by atoms with van der Waals surface area (Å²) in [6.07, 6.45) is -2.26. The highest BCUT2D eigenvalue weighted by atomic mass is 32.2. The molecular formula is C32H36F3N7O7S. The number of H-pyrrole nitrogens is 1. The van der Waals surface area contributed by atoms with E-state index in [1.165, 1.54) is 39.3 Å². The number of hydrogen-bond donors (Lipinski definition) is 1. The van der Waals surface area contributed by atoms with Crippen LogP contribution in [0.4, 0.5) is 24.8 Å². The maximum Gasteiger partial charge on any atom is 0.416 e. The normalized spacial score (nSPS) is 17.3. The first-order chi connectivity index (χ1) is 23.4. The van der Waals surface area contributed by atoms with Gasteiger partial charge in [0.25, 0.3) is 0 Å². The number of carbonyl (C=O) groups is 2. The van der Waals surface area contributed by atoms with E-state index >= 15 is 0 Å². The Bertz CT molecular complexity index is 2010. The average Bonchev–Trinajstić information content (AvgIpc) is 3.43. The number of methoxy groups -OCH3 is 1. The Morgan fingerprint density at radius 2 is 1.84 bits per heavy atom. The Labute approximate surface area is 286 Å². The number of esters is 1. The van der Waals surface area contributed by atoms with Crippen LogP contribution in [-0.2, 0) is 37.1 Å². The van der Waals surface area contributed by atoms with E-state index in [0.29, 0.717) is 53.6 Å². The molecule has 1 saturated heterocycles. The topological polar surface area (TPSA) is 182 Å². The third-order valence-corrected chi connectivity index (χ3v) is 10.3. The van der Waals surface area contributed by atoms with Crippen molar-refractivity contribution in [2.45, 2.75) is 44.6 Å². The van der Waals surface area contributed by atoms with Crippen molar-refractivity contribution >= 4 is 34.1 Å². The minimum atomic E-state index is -4.65. The monoisotopic (exact) mass is 719 g/mol. The molecule has 268 valence electrons. The molecule has 1 atom stereocenters. The molecule has 5 rings (SSSR count). The molecule has 2 aliphatic heterocycles. The number of sulfonamides is 1. The molecule has 0 aliphatic carbocycles. The highest BCUT2D eigenvalue weighted by Gasteiger charge is 2.42. The lowest BCUT2D eigenvalue weighted by Crippen LogP contribution is -2.54. The molecule has 2 aromatic carbocycles. The summed E-state index contributed by atoms with van der Waals surface area (Å²) < 4.78 is 73.5. The third-order valence-electron chi connectivity index (χ3n) is 9.01. The number of aromatic nitrogens is 3. The number of fused-ring (bicyclic) bond motifs is 1. The predicted octanol–water partition coefficient (Wildman–Crippen LogP) is 2.02. The van der Waals surface area contributed by atoms with Crippen LogP contribution in [0.3, 0.4) is 0 Å². The zero-order valence-corrected chi connectivity index (χ0v) is 28.7. The third kappa shape index (κ3) is 7.59. The van der Waals surface area contributed by atoms with E-state index < -0.39 is 45.9 Å². The summed E-state index contributed by atoms with van der Waals surface area (Å²) in [5, 5.41) is 24.6. The van der Waals surface area contributed by atoms with Gasteiger partial charge in [0.2, 0.25) is 16.0 Å². The lowest BCUT2D eigenvalue weighted by molar-refractivity contribution is -0.929. The number of halogens is 3. The molecular weight excluding hydrogens is 683 g/mol. The second-order valence-electron chi connectivity index (χ2n) is 12.4. The number of rotatable bonds is 7. The number of hydrogen-bond acceptors (Lipinski definition) is 10. The zero-order chi connectivity index (χ0) is 37.2. The minimum absolute atomic E-state index is 0.00126. The summed E-state index contributed by atoms with van der Waals surface area (Å²) in [5.41, 5.74) is 0.0671. The number of nitrogens with zero attached hydrogens (tertiary/aromatic N) is 6. The number of nitriles is 1. The summed E-state index contributed by atoms with van der Waals surface area (Å²) >= 11 is 0. The van der Waals surface area contributed by atoms with Crippen molar-refractivity contribution < 1.29 is 45.5 Å². The van der Waals surface area contributed by atoms with Gasteiger partial charge in [0, 0.05) is 49.4 Å². The molecule has 0 amide bonds. The van der Waals surface area contributed by atoms with Crippen LogP contribution in [0.5, 0.6) is 0 Å². The Morgan fingerprint density at radius 3 is 2.40 bits per heavy atom. The van der Waals surface area contributed by atoms with Gasteiger partial charge in [0.1, 0.15) is 12.6 Å². The molecule has 3 heterocycles. The summed E-state index contributed by atoms with van der Waals surface area (Å²) in [4.78, 5) is 36.5. The van der Waals surface area contributed by atoms with Gasteiger partial charge in [-0.05, 0) is 42.8 Å². The number of carboxylic acid groups (broad SMARTS) is 1. The van der Waals surface area contributed by atoms with Crippen LogP contribution in [0.15, 0.2) is 58.5 Å². The second-order valence-corrected chi connectivity index (χ2v) is 14.4. The van der Waals surface area contributed by atoms with Crippen molar-refractivity contribution in [3.05, 3.63) is 86.5 Å². The van der Waals surface area contributed by atoms with Crippen LogP contribution in [0, 0.1) is 11.3 Å². The molecule has 18 heteroatoms. The standard InChI is InChI=1S/C31H34F3N7O5S.CH2O2/c1-19-26(28(42)46-4)27(40-29(36-37-30(40)43)39(19)23-8-6-7-22(16-23)31(32,33)34)25-10-9-20(17-35)15-21(25)18-41(2,3)24-11-13-38(14-12-24)47(5,44)45;2-1-3/h6-10,15-16,24,27H,11-14,18H2,1-5H3;1H,(H,2,3)/t27-;/m1./s1. The van der Waals surface area contributed by atoms with E-state index in [4.69, 9.17) is 14.6 Å². The van der Waals surface area contributed by atoms with E-state index in [9.17, 15) is 36.4 Å². The van der Waals surface area contributed by atoms with Crippen LogP contribution in [0.2, 0.25) is 0 Å². The zero-order valence-electron chi connectivity index (χ0n) is 27.9. The first-order valence-corrected chi connectivity index (χ1v) is 17.0. The first kappa shape index (κ1) is 37.8. The van der Waals surface area contributed by atoms with Crippen molar-refractivity contribution in [1.82, 2.24) is 19.1 Å². The number of allylic oxidation sites excluding steroid dienone is 1. The highest BCUT2D eigenvalue weighted by molar-refractivity contribution is 7.88. The number of nitrogens with one attached hydrogen (secondary N) is 1. The molecule has 1 fully saturated rings. The molecule has 14 nitrogen and oxygen atoms in total. The summed E-state index contributed by atoms with van der Waals surface area (Å²) in [7, 11) is 1.84. The highest BCUT2D eigenvalue weighted by Crippen LogP contribution is 2.44. The first-order valence-electron chi connectivity index (χ1n) is 15.2. The number of benzene rings is 2. The largest absolute Gasteiger partial charge is 0.554 e. The van der Waals surface area contributed by atoms with Gasteiger partial charge >= 0.3 is 17.8 Å². The van der Waals surface area contributed by atoms with Crippen molar-refractivity contribution in [3.63, 3.8) is 0 Å². The number of aromatic amines is 1. The van der Waals surface area contributed by atoms with Gasteiger partial charge < -0.3 is 19.1 Å². The molecule has 3 aromatic rings. The fraction of sp³-hybridized carbons (Fsp3) is 0.406. The lowest BCUT2D eigenvalue weighted by Gasteiger charge is -2.43. The minimum Gasteiger partial charge on any atom is -0.554 e. The van der Waals surface area contributed by atoms with Crippen molar-refractivity contribution in [2.24, 2.45) is 0 Å². The Hall–Kier alpha value is -4.99. The number of carbonyl (C=O) groups excluding carboxylic acids is 2. The maximum atomic E-state index is 13.7. The van der Waals surface area contributed by atoms with E-state index in [2.05, 4.69) is 16.3 Å². The summed E-state index contributed by atoms with van der Waals surface area (Å²) in [6.45, 7) is 2.12. The van der Waals surface area contributed by atoms with E-state index in [1.54, 1.807) is 25.1 Å². The second kappa shape index (κ2) is 14.5. The molecule has 0 unspecified atom stereocenters. The van der Waals surface area contributed by atoms with Crippen molar-refractivity contribution in [1.29, 1.82) is 5.26 Å². The van der Waals surface area contributed by atoms with Gasteiger partial charge in [-0.2, -0.15) is 18.4 Å². The van der Waals surface area contributed by atoms with Crippen LogP contribution in [0.25, 0.3) is 0 Å². The number of piperidine rings is 1. The quantitative estimate of drug-likeness (QED) is 0.216. The Kier molecular flexibility index (Phi) is 10.9. The number of anilines is 2. The summed E-state index contributed by atoms with van der Waals surface area (Å²) in [6, 6.07) is 10.5. The molecule has 2 aliphatic rings. The SMILES string of the molecule is COC(=O)C1=C(C)N(c2cccc(C(F)(F)F)c2)c2n[nH]c(=O)n2[C@@H]1c1ccc(C#N)cc1C[N+](C)(C)C1CCN(S(C)(=O)=O)CC1.O=C[O-]. The Morgan fingerprint density at radius 1 is 1.20 bits per heavy atom. The Balaban J connectivity index is 0.00000181. The molecule has 0 radical (unpaired) electrons. The lowest BCUT2D eigenvalue weighted by atomic mass is 9.89. The van der Waals surface area contributed by atoms with Gasteiger partial charge in [-0.15, -0.1) is 5.10 Å². The molecule has 50 heavy (non-hydrogen) atoms. The van der Waals surface area contributed by atoms with Crippen LogP contribution >= 0.6 is 0 Å². The molecule has 0 saturated carbocycles. The van der Waals surface area contributed by atoms with E-state index in [0.717, 1.165) is 12.1 Å². The molecule has 1 N–H and O–H groups in total. The van der Waals surface area contributed by atoms with Gasteiger partial charge in [-0.25, -0.2) is 32.0 Å². The molecule has 0 spiro atoms. The van der Waals surface area contributed by atoms with E-state index in [1.807, 2.05) is 14.1 Å². The fourth-order valence-electron chi connectivity index (χ4n) is 6.60. The van der Waals surface area contributed by atoms with Crippen molar-refractivity contribution in [3.8, 4) is 6.07 Å². The number of alkyl halides is 3. The smallest absolute Gasteiger partial charge is 0.416 e. The average molecular weight is 720 g/mol. The number of quaternary nitrogens is 1. The van der Waals surface area contributed by atoms with E-state index in [-0.39, 0.29) is 28.9 Å². The maximum absolute atomic E-state index is 13.7. The summed E-state index contributed by atoms with van der Waals surface area (Å²) in [5.74, 6) is -0.845. The van der Waals surface area contributed by atoms with Crippen LogP contribution < -0.4 is 15.7 Å². The predicted molar refractivity (Wildman–Crippen MR) is 172 cm³/mol. The van der Waals surface area contributed by atoms with Crippen LogP contribution in [0.1, 0.15) is 48.1 Å². The van der Waals surface area contributed by atoms with Gasteiger partial charge in [-0.1, -0.05) is 12.1 Å². The van der Waals surface area contributed by atoms with Gasteiger partial charge in [0.05, 0.1) is 56.3 Å². The van der Waals surface area contributed by atoms with Crippen LogP contribution in [-0.4, -0.2) is 91.0 Å². The molecule has 0 bridgehead atoms. The number of ether oxygens (including phenoxy) is 1. The van der Waals surface area contributed by atoms with Gasteiger partial charge in [0.15, 0.2) is 0 Å². The van der Waals surface area contributed by atoms with Crippen molar-refractivity contribution in [2.75, 3.05) is 45.5 Å². The van der Waals surface area contributed by atoms with Gasteiger partial charge in [-0.3, -0.25) is 4.90 Å².